The van der Waals surface area contributed by atoms with Gasteiger partial charge in [-0.05, 0) is 37.5 Å². The van der Waals surface area contributed by atoms with Crippen molar-refractivity contribution in [2.24, 2.45) is 0 Å². The highest BCUT2D eigenvalue weighted by Gasteiger charge is 2.30. The molecule has 0 bridgehead atoms. The lowest BCUT2D eigenvalue weighted by Crippen LogP contribution is -2.37. The maximum Gasteiger partial charge on any atom is 0.261 e. The van der Waals surface area contributed by atoms with E-state index >= 15 is 0 Å². The molecule has 1 aromatic heterocycles. The average molecular weight is 342 g/mol. The summed E-state index contributed by atoms with van der Waals surface area (Å²) < 4.78 is 0. The van der Waals surface area contributed by atoms with Crippen LogP contribution in [0, 0.1) is 6.92 Å². The predicted molar refractivity (Wildman–Crippen MR) is 96.3 cm³/mol. The van der Waals surface area contributed by atoms with Crippen LogP contribution in [0.3, 0.4) is 0 Å². The number of nitrogens with zero attached hydrogens (tertiary/aromatic N) is 1. The van der Waals surface area contributed by atoms with Crippen LogP contribution in [0.2, 0.25) is 0 Å². The first kappa shape index (κ1) is 16.7. The van der Waals surface area contributed by atoms with Crippen LogP contribution in [-0.4, -0.2) is 35.8 Å². The summed E-state index contributed by atoms with van der Waals surface area (Å²) in [5.41, 5.74) is 1.29. The molecule has 1 atom stereocenters. The number of nitrogens with one attached hydrogen (secondary N) is 1. The van der Waals surface area contributed by atoms with E-state index in [0.29, 0.717) is 17.8 Å². The molecule has 0 unspecified atom stereocenters. The molecule has 0 spiro atoms. The maximum absolute atomic E-state index is 12.2. The number of amides is 2. The van der Waals surface area contributed by atoms with E-state index in [1.54, 1.807) is 0 Å². The van der Waals surface area contributed by atoms with Crippen LogP contribution in [0.15, 0.2) is 42.5 Å². The van der Waals surface area contributed by atoms with Gasteiger partial charge < -0.3 is 10.2 Å². The molecule has 2 aromatic rings. The van der Waals surface area contributed by atoms with Gasteiger partial charge in [-0.1, -0.05) is 30.3 Å². The topological polar surface area (TPSA) is 49.4 Å². The summed E-state index contributed by atoms with van der Waals surface area (Å²) in [6.07, 6.45) is 2.32. The molecule has 0 aliphatic carbocycles. The minimum atomic E-state index is -0.0795. The number of benzene rings is 1. The molecule has 2 heterocycles. The Balaban J connectivity index is 1.46. The Morgan fingerprint density at radius 2 is 2.04 bits per heavy atom. The first-order valence-electron chi connectivity index (χ1n) is 8.31. The largest absolute Gasteiger partial charge is 0.346 e. The molecule has 1 fully saturated rings. The number of thiophene rings is 1. The van der Waals surface area contributed by atoms with E-state index < -0.39 is 0 Å². The van der Waals surface area contributed by atoms with Crippen molar-refractivity contribution >= 4 is 23.2 Å². The third-order valence-corrected chi connectivity index (χ3v) is 5.25. The molecule has 0 radical (unpaired) electrons. The summed E-state index contributed by atoms with van der Waals surface area (Å²) in [4.78, 5) is 28.0. The Morgan fingerprint density at radius 3 is 2.75 bits per heavy atom. The number of aryl methyl sites for hydroxylation is 2. The maximum atomic E-state index is 12.2. The molecule has 5 heteroatoms. The van der Waals surface area contributed by atoms with Crippen molar-refractivity contribution < 1.29 is 9.59 Å². The fourth-order valence-electron chi connectivity index (χ4n) is 3.02. The Hall–Kier alpha value is -2.14. The van der Waals surface area contributed by atoms with Crippen molar-refractivity contribution in [1.29, 1.82) is 0 Å². The van der Waals surface area contributed by atoms with E-state index in [2.05, 4.69) is 17.4 Å². The SMILES string of the molecule is Cc1ccc(C(=O)N[C@@H]2CC(=O)N(CCCc3ccccc3)C2)s1. The minimum absolute atomic E-state index is 0.0722. The quantitative estimate of drug-likeness (QED) is 0.877. The minimum Gasteiger partial charge on any atom is -0.346 e. The van der Waals surface area contributed by atoms with Gasteiger partial charge in [0.1, 0.15) is 0 Å². The van der Waals surface area contributed by atoms with E-state index in [9.17, 15) is 9.59 Å². The fraction of sp³-hybridized carbons (Fsp3) is 0.368. The molecule has 2 amide bonds. The van der Waals surface area contributed by atoms with Crippen LogP contribution in [0.25, 0.3) is 0 Å². The number of rotatable bonds is 6. The first-order chi connectivity index (χ1) is 11.6. The Kier molecular flexibility index (Phi) is 5.30. The van der Waals surface area contributed by atoms with Crippen molar-refractivity contribution in [2.45, 2.75) is 32.2 Å². The molecular weight excluding hydrogens is 320 g/mol. The first-order valence-corrected chi connectivity index (χ1v) is 9.12. The van der Waals surface area contributed by atoms with Gasteiger partial charge in [0.2, 0.25) is 5.91 Å². The van der Waals surface area contributed by atoms with Gasteiger partial charge in [-0.25, -0.2) is 0 Å². The molecule has 1 aliphatic rings. The molecule has 1 saturated heterocycles. The lowest BCUT2D eigenvalue weighted by molar-refractivity contribution is -0.127. The zero-order valence-electron chi connectivity index (χ0n) is 13.8. The summed E-state index contributed by atoms with van der Waals surface area (Å²) in [7, 11) is 0. The highest BCUT2D eigenvalue weighted by atomic mass is 32.1. The monoisotopic (exact) mass is 342 g/mol. The molecule has 24 heavy (non-hydrogen) atoms. The van der Waals surface area contributed by atoms with Crippen LogP contribution in [-0.2, 0) is 11.2 Å². The van der Waals surface area contributed by atoms with E-state index in [4.69, 9.17) is 0 Å². The van der Waals surface area contributed by atoms with Gasteiger partial charge in [-0.15, -0.1) is 11.3 Å². The van der Waals surface area contributed by atoms with Gasteiger partial charge in [-0.2, -0.15) is 0 Å². The summed E-state index contributed by atoms with van der Waals surface area (Å²) in [5, 5.41) is 2.99. The predicted octanol–water partition coefficient (Wildman–Crippen LogP) is 3.02. The molecule has 3 rings (SSSR count). The van der Waals surface area contributed by atoms with Crippen LogP contribution in [0.1, 0.15) is 33.0 Å². The molecule has 1 aliphatic heterocycles. The van der Waals surface area contributed by atoms with E-state index in [1.165, 1.54) is 16.9 Å². The highest BCUT2D eigenvalue weighted by molar-refractivity contribution is 7.13. The van der Waals surface area contributed by atoms with Gasteiger partial charge in [0, 0.05) is 24.4 Å². The van der Waals surface area contributed by atoms with Gasteiger partial charge in [0.25, 0.3) is 5.91 Å². The van der Waals surface area contributed by atoms with E-state index in [1.807, 2.05) is 42.2 Å². The van der Waals surface area contributed by atoms with Crippen LogP contribution < -0.4 is 5.32 Å². The van der Waals surface area contributed by atoms with Crippen molar-refractivity contribution in [1.82, 2.24) is 10.2 Å². The van der Waals surface area contributed by atoms with Crippen molar-refractivity contribution in [3.05, 3.63) is 57.8 Å². The molecule has 4 nitrogen and oxygen atoms in total. The van der Waals surface area contributed by atoms with Gasteiger partial charge in [-0.3, -0.25) is 9.59 Å². The van der Waals surface area contributed by atoms with Crippen LogP contribution in [0.4, 0.5) is 0 Å². The second-order valence-electron chi connectivity index (χ2n) is 6.21. The van der Waals surface area contributed by atoms with Crippen LogP contribution in [0.5, 0.6) is 0 Å². The number of carbonyl (C=O) groups is 2. The molecule has 1 N–H and O–H groups in total. The van der Waals surface area contributed by atoms with Crippen molar-refractivity contribution in [2.75, 3.05) is 13.1 Å². The zero-order valence-corrected chi connectivity index (χ0v) is 14.6. The van der Waals surface area contributed by atoms with Gasteiger partial charge in [0.05, 0.1) is 10.9 Å². The second-order valence-corrected chi connectivity index (χ2v) is 7.50. The molecular formula is C19H22N2O2S. The van der Waals surface area contributed by atoms with Crippen LogP contribution >= 0.6 is 11.3 Å². The van der Waals surface area contributed by atoms with Crippen molar-refractivity contribution in [3.8, 4) is 0 Å². The normalized spacial score (nSPS) is 17.3. The van der Waals surface area contributed by atoms with Crippen molar-refractivity contribution in [3.63, 3.8) is 0 Å². The van der Waals surface area contributed by atoms with Gasteiger partial charge in [0.15, 0.2) is 0 Å². The smallest absolute Gasteiger partial charge is 0.261 e. The number of likely N-dealkylation sites (tertiary alicyclic amines) is 1. The third-order valence-electron chi connectivity index (χ3n) is 4.25. The number of hydrogen-bond acceptors (Lipinski definition) is 3. The molecule has 126 valence electrons. The Labute approximate surface area is 146 Å². The zero-order chi connectivity index (χ0) is 16.9. The van der Waals surface area contributed by atoms with E-state index in [-0.39, 0.29) is 17.9 Å². The molecule has 0 saturated carbocycles. The standard InChI is InChI=1S/C19H22N2O2S/c1-14-9-10-17(24-14)19(23)20-16-12-18(22)21(13-16)11-5-8-15-6-3-2-4-7-15/h2-4,6-7,9-10,16H,5,8,11-13H2,1H3,(H,20,23)/t16-/m1/s1. The second kappa shape index (κ2) is 7.62. The third kappa shape index (κ3) is 4.23. The number of carbonyl (C=O) groups excluding carboxylic acids is 2. The Bertz CT molecular complexity index is 711. The lowest BCUT2D eigenvalue weighted by atomic mass is 10.1. The summed E-state index contributed by atoms with van der Waals surface area (Å²) >= 11 is 1.48. The van der Waals surface area contributed by atoms with Gasteiger partial charge >= 0.3 is 0 Å². The molecule has 1 aromatic carbocycles. The summed E-state index contributed by atoms with van der Waals surface area (Å²) in [5.74, 6) is 0.0627. The summed E-state index contributed by atoms with van der Waals surface area (Å²) in [6, 6.07) is 14.0. The average Bonchev–Trinajstić information content (AvgIpc) is 3.15. The highest BCUT2D eigenvalue weighted by Crippen LogP contribution is 2.17. The fourth-order valence-corrected chi connectivity index (χ4v) is 3.79. The Morgan fingerprint density at radius 1 is 1.25 bits per heavy atom. The lowest BCUT2D eigenvalue weighted by Gasteiger charge is -2.17. The van der Waals surface area contributed by atoms with E-state index in [0.717, 1.165) is 24.3 Å². The number of hydrogen-bond donors (Lipinski definition) is 1. The summed E-state index contributed by atoms with van der Waals surface area (Å²) in [6.45, 7) is 3.34.